The van der Waals surface area contributed by atoms with Gasteiger partial charge >= 0.3 is 0 Å². The normalized spacial score (nSPS) is 19.5. The molecule has 2 N–H and O–H groups in total. The van der Waals surface area contributed by atoms with Crippen LogP contribution in [0.15, 0.2) is 73.2 Å². The van der Waals surface area contributed by atoms with Crippen LogP contribution in [-0.4, -0.2) is 42.8 Å². The average molecular weight is 710 g/mol. The van der Waals surface area contributed by atoms with Crippen LogP contribution in [0.2, 0.25) is 10.0 Å². The van der Waals surface area contributed by atoms with Crippen LogP contribution in [0.1, 0.15) is 59.9 Å². The summed E-state index contributed by atoms with van der Waals surface area (Å²) in [4.78, 5) is 57.0. The van der Waals surface area contributed by atoms with Gasteiger partial charge in [-0.1, -0.05) is 41.4 Å². The van der Waals surface area contributed by atoms with Crippen LogP contribution in [0, 0.1) is 17.1 Å². The number of rotatable bonds is 8. The smallest absolute Gasteiger partial charge is 0.270 e. The van der Waals surface area contributed by atoms with Gasteiger partial charge in [0.1, 0.15) is 16.8 Å². The molecule has 14 heteroatoms. The van der Waals surface area contributed by atoms with Gasteiger partial charge in [-0.25, -0.2) is 19.3 Å². The molecule has 2 aromatic carbocycles. The molecule has 3 aliphatic rings. The van der Waals surface area contributed by atoms with Gasteiger partial charge < -0.3 is 10.6 Å². The van der Waals surface area contributed by atoms with Crippen LogP contribution in [0.5, 0.6) is 0 Å². The average Bonchev–Trinajstić information content (AvgIpc) is 4.02. The van der Waals surface area contributed by atoms with E-state index in [-0.39, 0.29) is 39.7 Å². The second-order valence-corrected chi connectivity index (χ2v) is 14.1. The lowest BCUT2D eigenvalue weighted by Crippen LogP contribution is -2.52. The molecule has 2 saturated carbocycles. The highest BCUT2D eigenvalue weighted by molar-refractivity contribution is 6.35. The number of hydrogen-bond donors (Lipinski definition) is 2. The van der Waals surface area contributed by atoms with Gasteiger partial charge in [-0.15, -0.1) is 0 Å². The van der Waals surface area contributed by atoms with E-state index in [0.29, 0.717) is 36.8 Å². The summed E-state index contributed by atoms with van der Waals surface area (Å²) in [6, 6.07) is 17.1. The molecule has 1 atom stereocenters. The van der Waals surface area contributed by atoms with Gasteiger partial charge in [0.25, 0.3) is 11.8 Å². The largest absolute Gasteiger partial charge is 0.343 e. The van der Waals surface area contributed by atoms with Crippen molar-refractivity contribution in [3.8, 4) is 6.07 Å². The number of carbonyl (C=O) groups excluding carboxylic acids is 3. The Morgan fingerprint density at radius 3 is 2.38 bits per heavy atom. The van der Waals surface area contributed by atoms with Gasteiger partial charge in [-0.05, 0) is 74.6 Å². The number of anilines is 2. The Labute approximate surface area is 295 Å². The highest BCUT2D eigenvalue weighted by atomic mass is 35.5. The third-order valence-electron chi connectivity index (χ3n) is 9.82. The van der Waals surface area contributed by atoms with E-state index in [2.05, 4.69) is 26.7 Å². The molecule has 0 saturated heterocycles. The van der Waals surface area contributed by atoms with Gasteiger partial charge in [0.15, 0.2) is 5.82 Å². The molecule has 2 fully saturated rings. The number of benzene rings is 2. The summed E-state index contributed by atoms with van der Waals surface area (Å²) in [6.07, 6.45) is 7.11. The summed E-state index contributed by atoms with van der Waals surface area (Å²) in [5, 5.41) is 15.8. The van der Waals surface area contributed by atoms with Crippen molar-refractivity contribution in [2.45, 2.75) is 55.6 Å². The van der Waals surface area contributed by atoms with Crippen LogP contribution in [0.25, 0.3) is 10.9 Å². The second-order valence-electron chi connectivity index (χ2n) is 13.2. The fourth-order valence-corrected chi connectivity index (χ4v) is 7.16. The Hall–Kier alpha value is -5.38. The summed E-state index contributed by atoms with van der Waals surface area (Å²) < 4.78 is 15.9. The van der Waals surface area contributed by atoms with E-state index in [9.17, 15) is 24.0 Å². The van der Waals surface area contributed by atoms with Gasteiger partial charge in [-0.2, -0.15) is 5.26 Å². The SMILES string of the molecule is C[C@@]1(Cc2ccc(C#N)cc2)C(=O)N(c2cc(Cl)c(F)c(Cl)c2)c2ncc(C(=O)NC3(C(=O)NC4(c5ccc6ccncc6n5)CC4)CC3)n21. The third-order valence-corrected chi connectivity index (χ3v) is 10.4. The zero-order valence-corrected chi connectivity index (χ0v) is 28.0. The van der Waals surface area contributed by atoms with Gasteiger partial charge in [0.2, 0.25) is 11.9 Å². The summed E-state index contributed by atoms with van der Waals surface area (Å²) in [5.41, 5.74) is -0.348. The number of aromatic nitrogens is 4. The number of amides is 3. The predicted molar refractivity (Wildman–Crippen MR) is 182 cm³/mol. The molecule has 1 aliphatic heterocycles. The van der Waals surface area contributed by atoms with Crippen LogP contribution >= 0.6 is 23.2 Å². The van der Waals surface area contributed by atoms with Crippen LogP contribution in [0.3, 0.4) is 0 Å². The number of nitriles is 1. The standard InChI is InChI=1S/C36H27Cl2FN8O3/c1-34(16-20-2-4-21(17-40)5-3-20)32(50)46(23-14-24(37)29(39)25(38)15-23)33-42-19-27(47(33)34)30(48)44-36(11-12-36)31(49)45-35(9-10-35)28-7-6-22-8-13-41-18-26(22)43-28/h2-8,13-15,18-19H,9-12,16H2,1H3,(H,44,48)(H,45,49)/t34-/m1/s1. The van der Waals surface area contributed by atoms with E-state index in [1.165, 1.54) is 27.8 Å². The molecule has 50 heavy (non-hydrogen) atoms. The highest BCUT2D eigenvalue weighted by Crippen LogP contribution is 2.48. The first-order valence-electron chi connectivity index (χ1n) is 15.9. The van der Waals surface area contributed by atoms with E-state index in [0.717, 1.165) is 16.6 Å². The van der Waals surface area contributed by atoms with Gasteiger partial charge in [0.05, 0.1) is 56.5 Å². The van der Waals surface area contributed by atoms with E-state index < -0.39 is 34.2 Å². The minimum Gasteiger partial charge on any atom is -0.343 e. The number of hydrogen-bond acceptors (Lipinski definition) is 7. The van der Waals surface area contributed by atoms with Crippen molar-refractivity contribution >= 4 is 63.5 Å². The maximum Gasteiger partial charge on any atom is 0.270 e. The minimum atomic E-state index is -1.41. The number of nitrogens with one attached hydrogen (secondary N) is 2. The molecule has 0 bridgehead atoms. The molecular formula is C36H27Cl2FN8O3. The summed E-state index contributed by atoms with van der Waals surface area (Å²) in [6.45, 7) is 1.67. The number of fused-ring (bicyclic) bond motifs is 2. The van der Waals surface area contributed by atoms with Crippen molar-refractivity contribution in [3.63, 3.8) is 0 Å². The maximum absolute atomic E-state index is 14.4. The van der Waals surface area contributed by atoms with Crippen molar-refractivity contribution in [1.82, 2.24) is 30.2 Å². The zero-order valence-electron chi connectivity index (χ0n) is 26.5. The lowest BCUT2D eigenvalue weighted by atomic mass is 9.91. The second kappa shape index (κ2) is 11.3. The quantitative estimate of drug-likeness (QED) is 0.192. The van der Waals surface area contributed by atoms with Crippen molar-refractivity contribution in [2.75, 3.05) is 4.90 Å². The zero-order chi connectivity index (χ0) is 35.0. The molecule has 0 unspecified atom stereocenters. The van der Waals surface area contributed by atoms with Crippen molar-refractivity contribution in [1.29, 1.82) is 5.26 Å². The molecular weight excluding hydrogens is 682 g/mol. The van der Waals surface area contributed by atoms with Crippen molar-refractivity contribution in [3.05, 3.63) is 112 Å². The van der Waals surface area contributed by atoms with Crippen LogP contribution in [-0.2, 0) is 27.1 Å². The van der Waals surface area contributed by atoms with Gasteiger partial charge in [-0.3, -0.25) is 23.9 Å². The minimum absolute atomic E-state index is 0.0511. The molecule has 2 aliphatic carbocycles. The number of imidazole rings is 1. The van der Waals surface area contributed by atoms with E-state index in [1.807, 2.05) is 18.2 Å². The fourth-order valence-electron chi connectivity index (χ4n) is 6.68. The summed E-state index contributed by atoms with van der Waals surface area (Å²) in [7, 11) is 0. The Bertz CT molecular complexity index is 2290. The monoisotopic (exact) mass is 708 g/mol. The number of pyridine rings is 2. The summed E-state index contributed by atoms with van der Waals surface area (Å²) >= 11 is 12.2. The molecule has 11 nitrogen and oxygen atoms in total. The van der Waals surface area contributed by atoms with Crippen LogP contribution < -0.4 is 15.5 Å². The van der Waals surface area contributed by atoms with E-state index >= 15 is 0 Å². The molecule has 4 heterocycles. The van der Waals surface area contributed by atoms with E-state index in [4.69, 9.17) is 28.2 Å². The molecule has 8 rings (SSSR count). The first-order valence-corrected chi connectivity index (χ1v) is 16.7. The number of nitrogens with zero attached hydrogens (tertiary/aromatic N) is 6. The van der Waals surface area contributed by atoms with Crippen molar-refractivity contribution in [2.24, 2.45) is 0 Å². The fraction of sp³-hybridized carbons (Fsp3) is 0.250. The van der Waals surface area contributed by atoms with Crippen molar-refractivity contribution < 1.29 is 18.8 Å². The number of halogens is 3. The Morgan fingerprint density at radius 1 is 1.00 bits per heavy atom. The van der Waals surface area contributed by atoms with Gasteiger partial charge in [0, 0.05) is 18.0 Å². The lowest BCUT2D eigenvalue weighted by Gasteiger charge is -2.27. The predicted octanol–water partition coefficient (Wildman–Crippen LogP) is 5.85. The Balaban J connectivity index is 1.11. The molecule has 0 radical (unpaired) electrons. The molecule has 3 aromatic heterocycles. The summed E-state index contributed by atoms with van der Waals surface area (Å²) in [5.74, 6) is -2.11. The maximum atomic E-state index is 14.4. The molecule has 250 valence electrons. The molecule has 5 aromatic rings. The third kappa shape index (κ3) is 5.07. The number of carbonyl (C=O) groups is 3. The Kier molecular flexibility index (Phi) is 7.22. The molecule has 0 spiro atoms. The topological polar surface area (TPSA) is 146 Å². The van der Waals surface area contributed by atoms with Crippen LogP contribution in [0.4, 0.5) is 16.0 Å². The first kappa shape index (κ1) is 31.9. The lowest BCUT2D eigenvalue weighted by molar-refractivity contribution is -0.125. The Morgan fingerprint density at radius 2 is 1.72 bits per heavy atom. The first-order chi connectivity index (χ1) is 24.0. The molecule has 3 amide bonds. The highest BCUT2D eigenvalue weighted by Gasteiger charge is 2.57. The van der Waals surface area contributed by atoms with E-state index in [1.54, 1.807) is 43.6 Å².